The molecule has 0 aromatic rings. The fourth-order valence-electron chi connectivity index (χ4n) is 0.791. The number of hydrogen-bond acceptors (Lipinski definition) is 2. The molecule has 0 aromatic carbocycles. The summed E-state index contributed by atoms with van der Waals surface area (Å²) in [5, 5.41) is 2.87. The average molecular weight is 172 g/mol. The zero-order valence-electron chi connectivity index (χ0n) is 6.92. The molecule has 1 rings (SSSR count). The lowest BCUT2D eigenvalue weighted by Crippen LogP contribution is -2.31. The Morgan fingerprint density at radius 3 is 2.55 bits per heavy atom. The van der Waals surface area contributed by atoms with Gasteiger partial charge in [0, 0.05) is 10.8 Å². The smallest absolute Gasteiger partial charge is 0.225 e. The van der Waals surface area contributed by atoms with Crippen LogP contribution >= 0.6 is 12.6 Å². The minimum absolute atomic E-state index is 0.00694. The quantitative estimate of drug-likeness (QED) is 0.615. The predicted octanol–water partition coefficient (Wildman–Crippen LogP) is 1.18. The average Bonchev–Trinajstić information content (AvgIpc) is 2.42. The van der Waals surface area contributed by atoms with Crippen molar-refractivity contribution in [2.24, 2.45) is 0 Å². The Hall–Kier alpha value is -0.180. The molecule has 1 amide bonds. The lowest BCUT2D eigenvalue weighted by molar-refractivity contribution is -0.118. The fraction of sp³-hybridized carbons (Fsp3) is 0.750. The highest BCUT2D eigenvalue weighted by Crippen LogP contribution is 2.20. The van der Waals surface area contributed by atoms with Crippen LogP contribution in [0.1, 0.15) is 26.7 Å². The molecule has 1 radical (unpaired) electrons. The van der Waals surface area contributed by atoms with Gasteiger partial charge in [-0.2, -0.15) is 12.6 Å². The fourth-order valence-corrected chi connectivity index (χ4v) is 0.909. The number of carbonyl (C=O) groups excluding carboxylic acids is 1. The molecule has 0 heterocycles. The minimum atomic E-state index is -0.307. The summed E-state index contributed by atoms with van der Waals surface area (Å²) in [5.74, 6) is 0.00694. The summed E-state index contributed by atoms with van der Waals surface area (Å²) in [4.78, 5) is 11.1. The molecule has 1 N–H and O–H groups in total. The number of rotatable bonds is 3. The van der Waals surface area contributed by atoms with Gasteiger partial charge >= 0.3 is 0 Å². The zero-order valence-corrected chi connectivity index (χ0v) is 7.82. The van der Waals surface area contributed by atoms with Crippen LogP contribution < -0.4 is 5.32 Å². The Kier molecular flexibility index (Phi) is 2.47. The van der Waals surface area contributed by atoms with Crippen molar-refractivity contribution in [1.29, 1.82) is 0 Å². The molecule has 1 aliphatic carbocycles. The Morgan fingerprint density at radius 2 is 2.18 bits per heavy atom. The van der Waals surface area contributed by atoms with Gasteiger partial charge < -0.3 is 5.32 Å². The Balaban J connectivity index is 2.19. The Morgan fingerprint density at radius 1 is 1.64 bits per heavy atom. The lowest BCUT2D eigenvalue weighted by Gasteiger charge is -2.15. The summed E-state index contributed by atoms with van der Waals surface area (Å²) in [5.41, 5.74) is 0. The second-order valence-electron chi connectivity index (χ2n) is 3.58. The molecule has 0 bridgehead atoms. The molecule has 0 aromatic heterocycles. The van der Waals surface area contributed by atoms with Crippen LogP contribution in [-0.4, -0.2) is 16.7 Å². The molecule has 0 aliphatic heterocycles. The maximum atomic E-state index is 11.1. The van der Waals surface area contributed by atoms with E-state index in [0.717, 1.165) is 12.8 Å². The van der Waals surface area contributed by atoms with Crippen LogP contribution in [0.4, 0.5) is 0 Å². The SMILES string of the molecule is CC(C)(S)[CH]C(=O)NC1CC1. The van der Waals surface area contributed by atoms with Gasteiger partial charge in [0.2, 0.25) is 5.91 Å². The number of nitrogens with one attached hydrogen (secondary N) is 1. The zero-order chi connectivity index (χ0) is 8.48. The van der Waals surface area contributed by atoms with Crippen LogP contribution in [0.25, 0.3) is 0 Å². The third-order valence-electron chi connectivity index (χ3n) is 1.41. The summed E-state index contributed by atoms with van der Waals surface area (Å²) in [7, 11) is 0. The van der Waals surface area contributed by atoms with Crippen molar-refractivity contribution in [3.8, 4) is 0 Å². The van der Waals surface area contributed by atoms with E-state index in [1.807, 2.05) is 13.8 Å². The van der Waals surface area contributed by atoms with Gasteiger partial charge in [-0.05, 0) is 12.8 Å². The van der Waals surface area contributed by atoms with Gasteiger partial charge in [-0.15, -0.1) is 0 Å². The standard InChI is InChI=1S/C8H14NOS/c1-8(2,11)5-7(10)9-6-3-4-6/h5-6,11H,3-4H2,1-2H3,(H,9,10). The van der Waals surface area contributed by atoms with Crippen LogP contribution in [0.15, 0.2) is 0 Å². The van der Waals surface area contributed by atoms with E-state index in [0.29, 0.717) is 6.04 Å². The van der Waals surface area contributed by atoms with Gasteiger partial charge in [-0.3, -0.25) is 4.79 Å². The third kappa shape index (κ3) is 4.30. The molecule has 0 unspecified atom stereocenters. The van der Waals surface area contributed by atoms with E-state index < -0.39 is 0 Å². The van der Waals surface area contributed by atoms with Crippen molar-refractivity contribution in [2.75, 3.05) is 0 Å². The van der Waals surface area contributed by atoms with E-state index in [9.17, 15) is 4.79 Å². The monoisotopic (exact) mass is 172 g/mol. The van der Waals surface area contributed by atoms with Crippen LogP contribution in [0.5, 0.6) is 0 Å². The number of amides is 1. The largest absolute Gasteiger partial charge is 0.353 e. The Labute approximate surface area is 73.2 Å². The maximum absolute atomic E-state index is 11.1. The first kappa shape index (κ1) is 8.91. The summed E-state index contributed by atoms with van der Waals surface area (Å²) >= 11 is 4.22. The molecule has 1 fully saturated rings. The van der Waals surface area contributed by atoms with E-state index >= 15 is 0 Å². The second-order valence-corrected chi connectivity index (χ2v) is 4.73. The summed E-state index contributed by atoms with van der Waals surface area (Å²) in [6.07, 6.45) is 3.87. The highest BCUT2D eigenvalue weighted by atomic mass is 32.1. The summed E-state index contributed by atoms with van der Waals surface area (Å²) in [6, 6.07) is 0.439. The van der Waals surface area contributed by atoms with Gasteiger partial charge in [0.25, 0.3) is 0 Å². The van der Waals surface area contributed by atoms with Crippen molar-refractivity contribution in [2.45, 2.75) is 37.5 Å². The molecule has 1 saturated carbocycles. The van der Waals surface area contributed by atoms with Crippen molar-refractivity contribution >= 4 is 18.5 Å². The molecule has 0 atom stereocenters. The molecule has 3 heteroatoms. The second kappa shape index (κ2) is 3.05. The maximum Gasteiger partial charge on any atom is 0.225 e. The molecule has 0 saturated heterocycles. The predicted molar refractivity (Wildman–Crippen MR) is 48.5 cm³/mol. The molecular formula is C8H14NOS. The van der Waals surface area contributed by atoms with Crippen molar-refractivity contribution < 1.29 is 4.79 Å². The van der Waals surface area contributed by atoms with Crippen LogP contribution in [0.2, 0.25) is 0 Å². The number of hydrogen-bond donors (Lipinski definition) is 2. The topological polar surface area (TPSA) is 29.1 Å². The Bertz CT molecular complexity index is 158. The molecule has 0 spiro atoms. The summed E-state index contributed by atoms with van der Waals surface area (Å²) < 4.78 is -0.307. The van der Waals surface area contributed by atoms with Gasteiger partial charge in [0.05, 0.1) is 6.42 Å². The minimum Gasteiger partial charge on any atom is -0.353 e. The normalized spacial score (nSPS) is 18.1. The van der Waals surface area contributed by atoms with E-state index in [-0.39, 0.29) is 10.7 Å². The van der Waals surface area contributed by atoms with Gasteiger partial charge in [-0.1, -0.05) is 13.8 Å². The molecule has 1 aliphatic rings. The van der Waals surface area contributed by atoms with E-state index in [2.05, 4.69) is 17.9 Å². The van der Waals surface area contributed by atoms with Gasteiger partial charge in [0.15, 0.2) is 0 Å². The molecule has 11 heavy (non-hydrogen) atoms. The van der Waals surface area contributed by atoms with Gasteiger partial charge in [-0.25, -0.2) is 0 Å². The molecule has 63 valence electrons. The highest BCUT2D eigenvalue weighted by molar-refractivity contribution is 7.82. The van der Waals surface area contributed by atoms with Crippen molar-refractivity contribution in [3.63, 3.8) is 0 Å². The van der Waals surface area contributed by atoms with Crippen LogP contribution in [-0.2, 0) is 4.79 Å². The molecular weight excluding hydrogens is 158 g/mol. The number of carbonyl (C=O) groups is 1. The van der Waals surface area contributed by atoms with Crippen molar-refractivity contribution in [1.82, 2.24) is 5.32 Å². The van der Waals surface area contributed by atoms with E-state index in [4.69, 9.17) is 0 Å². The van der Waals surface area contributed by atoms with Crippen LogP contribution in [0.3, 0.4) is 0 Å². The lowest BCUT2D eigenvalue weighted by atomic mass is 10.1. The third-order valence-corrected chi connectivity index (χ3v) is 1.54. The van der Waals surface area contributed by atoms with E-state index in [1.165, 1.54) is 0 Å². The molecule has 2 nitrogen and oxygen atoms in total. The first-order valence-electron chi connectivity index (χ1n) is 3.86. The van der Waals surface area contributed by atoms with Crippen LogP contribution in [0, 0.1) is 6.42 Å². The summed E-state index contributed by atoms with van der Waals surface area (Å²) in [6.45, 7) is 3.78. The number of thiol groups is 1. The van der Waals surface area contributed by atoms with Gasteiger partial charge in [0.1, 0.15) is 0 Å². The first-order valence-corrected chi connectivity index (χ1v) is 4.31. The van der Waals surface area contributed by atoms with Crippen molar-refractivity contribution in [3.05, 3.63) is 6.42 Å². The highest BCUT2D eigenvalue weighted by Gasteiger charge is 2.25. The first-order chi connectivity index (χ1) is 4.97. The van der Waals surface area contributed by atoms with E-state index in [1.54, 1.807) is 6.42 Å².